The Bertz CT molecular complexity index is 565. The molecular weight excluding hydrogens is 316 g/mol. The molecule has 0 radical (unpaired) electrons. The van der Waals surface area contributed by atoms with Crippen molar-refractivity contribution in [3.8, 4) is 0 Å². The zero-order chi connectivity index (χ0) is 14.8. The zero-order valence-corrected chi connectivity index (χ0v) is 14.2. The van der Waals surface area contributed by atoms with E-state index in [9.17, 15) is 8.42 Å². The quantitative estimate of drug-likeness (QED) is 0.818. The third-order valence-corrected chi connectivity index (χ3v) is 5.15. The third-order valence-electron chi connectivity index (χ3n) is 3.64. The first-order valence-corrected chi connectivity index (χ1v) is 8.18. The van der Waals surface area contributed by atoms with Crippen LogP contribution < -0.4 is 10.0 Å². The number of ether oxygens (including phenoxy) is 1. The maximum absolute atomic E-state index is 12.3. The smallest absolute Gasteiger partial charge is 0.244 e. The molecule has 2 heterocycles. The van der Waals surface area contributed by atoms with Crippen LogP contribution in [0.3, 0.4) is 0 Å². The molecule has 0 spiro atoms. The van der Waals surface area contributed by atoms with E-state index in [-0.39, 0.29) is 22.8 Å². The molecule has 122 valence electrons. The molecule has 0 bridgehead atoms. The summed E-state index contributed by atoms with van der Waals surface area (Å²) in [5.41, 5.74) is -0.311. The second-order valence-corrected chi connectivity index (χ2v) is 7.08. The maximum atomic E-state index is 12.3. The second-order valence-electron chi connectivity index (χ2n) is 5.35. The lowest BCUT2D eigenvalue weighted by molar-refractivity contribution is 0.122. The Kier molecular flexibility index (Phi) is 6.24. The van der Waals surface area contributed by atoms with Crippen LogP contribution in [-0.4, -0.2) is 40.8 Å². The van der Waals surface area contributed by atoms with Gasteiger partial charge in [0.25, 0.3) is 0 Å². The highest BCUT2D eigenvalue weighted by Gasteiger charge is 2.35. The summed E-state index contributed by atoms with van der Waals surface area (Å²) in [5.74, 6) is 1.00. The van der Waals surface area contributed by atoms with Gasteiger partial charge >= 0.3 is 0 Å². The van der Waals surface area contributed by atoms with Crippen molar-refractivity contribution >= 4 is 22.4 Å². The largest absolute Gasteiger partial charge is 0.465 e. The molecule has 1 atom stereocenters. The molecule has 21 heavy (non-hydrogen) atoms. The van der Waals surface area contributed by atoms with Crippen LogP contribution in [0.4, 0.5) is 0 Å². The van der Waals surface area contributed by atoms with Crippen LogP contribution >= 0.6 is 12.4 Å². The van der Waals surface area contributed by atoms with Gasteiger partial charge in [-0.1, -0.05) is 0 Å². The minimum atomic E-state index is -3.55. The van der Waals surface area contributed by atoms with Gasteiger partial charge in [0.05, 0.1) is 12.1 Å². The minimum absolute atomic E-state index is 0. The molecule has 6 nitrogen and oxygen atoms in total. The van der Waals surface area contributed by atoms with Gasteiger partial charge in [0.15, 0.2) is 0 Å². The van der Waals surface area contributed by atoms with Crippen LogP contribution in [0, 0.1) is 13.8 Å². The normalized spacial score (nSPS) is 22.2. The summed E-state index contributed by atoms with van der Waals surface area (Å²) in [4.78, 5) is 0.209. The van der Waals surface area contributed by atoms with E-state index in [1.54, 1.807) is 27.0 Å². The molecule has 1 unspecified atom stereocenters. The summed E-state index contributed by atoms with van der Waals surface area (Å²) in [6.45, 7) is 5.07. The van der Waals surface area contributed by atoms with E-state index in [2.05, 4.69) is 10.0 Å². The van der Waals surface area contributed by atoms with Crippen molar-refractivity contribution in [3.63, 3.8) is 0 Å². The standard InChI is InChI=1S/C13H22N2O4S.ClH/c1-10-7-12(11(2)19-10)20(16,17)15-8-13(9-18-3)5-4-6-14-13;/h7,14-15H,4-6,8-9H2,1-3H3;1H. The van der Waals surface area contributed by atoms with Crippen LogP contribution in [0.2, 0.25) is 0 Å². The Morgan fingerprint density at radius 2 is 2.19 bits per heavy atom. The summed E-state index contributed by atoms with van der Waals surface area (Å²) in [7, 11) is -1.93. The lowest BCUT2D eigenvalue weighted by Gasteiger charge is -2.28. The number of halogens is 1. The number of methoxy groups -OCH3 is 1. The molecule has 1 saturated heterocycles. The fourth-order valence-electron chi connectivity index (χ4n) is 2.66. The van der Waals surface area contributed by atoms with Gasteiger partial charge in [-0.2, -0.15) is 0 Å². The van der Waals surface area contributed by atoms with Gasteiger partial charge in [-0.25, -0.2) is 13.1 Å². The fourth-order valence-corrected chi connectivity index (χ4v) is 4.02. The van der Waals surface area contributed by atoms with Crippen LogP contribution in [0.5, 0.6) is 0 Å². The third kappa shape index (κ3) is 4.20. The molecule has 1 aromatic heterocycles. The van der Waals surface area contributed by atoms with E-state index in [1.165, 1.54) is 0 Å². The molecule has 0 amide bonds. The Morgan fingerprint density at radius 1 is 1.48 bits per heavy atom. The number of furan rings is 1. The number of aryl methyl sites for hydroxylation is 2. The van der Waals surface area contributed by atoms with E-state index >= 15 is 0 Å². The van der Waals surface area contributed by atoms with Gasteiger partial charge in [-0.05, 0) is 39.3 Å². The second kappa shape index (κ2) is 7.11. The van der Waals surface area contributed by atoms with Crippen LogP contribution in [0.1, 0.15) is 24.4 Å². The maximum Gasteiger partial charge on any atom is 0.244 e. The van der Waals surface area contributed by atoms with E-state index < -0.39 is 10.0 Å². The van der Waals surface area contributed by atoms with Crippen LogP contribution in [0.25, 0.3) is 0 Å². The summed E-state index contributed by atoms with van der Waals surface area (Å²) in [5, 5.41) is 3.34. The molecule has 1 aliphatic heterocycles. The van der Waals surface area contributed by atoms with Gasteiger partial charge in [-0.15, -0.1) is 12.4 Å². The molecule has 2 rings (SSSR count). The highest BCUT2D eigenvalue weighted by Crippen LogP contribution is 2.22. The molecular formula is C13H23ClN2O4S. The van der Waals surface area contributed by atoms with Crippen molar-refractivity contribution in [1.82, 2.24) is 10.0 Å². The summed E-state index contributed by atoms with van der Waals surface area (Å²) < 4.78 is 37.8. The number of sulfonamides is 1. The topological polar surface area (TPSA) is 80.6 Å². The number of rotatable bonds is 6. The Hall–Kier alpha value is -0.600. The molecule has 1 aromatic rings. The Labute approximate surface area is 132 Å². The minimum Gasteiger partial charge on any atom is -0.465 e. The Balaban J connectivity index is 0.00000220. The molecule has 8 heteroatoms. The van der Waals surface area contributed by atoms with Crippen LogP contribution in [-0.2, 0) is 14.8 Å². The van der Waals surface area contributed by atoms with E-state index in [4.69, 9.17) is 9.15 Å². The van der Waals surface area contributed by atoms with Gasteiger partial charge in [0.2, 0.25) is 10.0 Å². The Morgan fingerprint density at radius 3 is 2.67 bits per heavy atom. The van der Waals surface area contributed by atoms with Crippen LogP contribution in [0.15, 0.2) is 15.4 Å². The van der Waals surface area contributed by atoms with Crippen molar-refractivity contribution in [2.75, 3.05) is 26.8 Å². The van der Waals surface area contributed by atoms with Crippen molar-refractivity contribution in [2.45, 2.75) is 37.1 Å². The summed E-state index contributed by atoms with van der Waals surface area (Å²) in [6, 6.07) is 1.54. The van der Waals surface area contributed by atoms with Crippen molar-refractivity contribution in [3.05, 3.63) is 17.6 Å². The highest BCUT2D eigenvalue weighted by molar-refractivity contribution is 7.89. The molecule has 0 aromatic carbocycles. The van der Waals surface area contributed by atoms with E-state index in [1.807, 2.05) is 0 Å². The molecule has 0 aliphatic carbocycles. The lowest BCUT2D eigenvalue weighted by atomic mass is 9.99. The summed E-state index contributed by atoms with van der Waals surface area (Å²) in [6.07, 6.45) is 1.92. The predicted octanol–water partition coefficient (Wildman–Crippen LogP) is 1.37. The number of hydrogen-bond donors (Lipinski definition) is 2. The van der Waals surface area contributed by atoms with E-state index in [0.717, 1.165) is 19.4 Å². The average Bonchev–Trinajstić information content (AvgIpc) is 2.95. The van der Waals surface area contributed by atoms with Gasteiger partial charge in [-0.3, -0.25) is 0 Å². The first kappa shape index (κ1) is 18.4. The van der Waals surface area contributed by atoms with Gasteiger partial charge < -0.3 is 14.5 Å². The van der Waals surface area contributed by atoms with Crippen molar-refractivity contribution in [1.29, 1.82) is 0 Å². The molecule has 1 aliphatic rings. The number of nitrogens with one attached hydrogen (secondary N) is 2. The zero-order valence-electron chi connectivity index (χ0n) is 12.6. The predicted molar refractivity (Wildman–Crippen MR) is 82.5 cm³/mol. The fraction of sp³-hybridized carbons (Fsp3) is 0.692. The first-order valence-electron chi connectivity index (χ1n) is 6.69. The van der Waals surface area contributed by atoms with Crippen molar-refractivity contribution in [2.24, 2.45) is 0 Å². The summed E-state index contributed by atoms with van der Waals surface area (Å²) >= 11 is 0. The lowest BCUT2D eigenvalue weighted by Crippen LogP contribution is -2.52. The molecule has 2 N–H and O–H groups in total. The van der Waals surface area contributed by atoms with E-state index in [0.29, 0.717) is 24.7 Å². The highest BCUT2D eigenvalue weighted by atomic mass is 35.5. The first-order chi connectivity index (χ1) is 9.38. The van der Waals surface area contributed by atoms with Gasteiger partial charge in [0.1, 0.15) is 16.4 Å². The van der Waals surface area contributed by atoms with Gasteiger partial charge in [0, 0.05) is 13.7 Å². The average molecular weight is 339 g/mol. The molecule has 0 saturated carbocycles. The monoisotopic (exact) mass is 338 g/mol. The SMILES string of the molecule is COCC1(CNS(=O)(=O)c2cc(C)oc2C)CCCN1.Cl. The molecule has 1 fully saturated rings. The number of hydrogen-bond acceptors (Lipinski definition) is 5. The van der Waals surface area contributed by atoms with Crippen molar-refractivity contribution < 1.29 is 17.6 Å².